The molecule has 2 saturated heterocycles. The lowest BCUT2D eigenvalue weighted by Crippen LogP contribution is -2.41. The third-order valence-corrected chi connectivity index (χ3v) is 7.17. The summed E-state index contributed by atoms with van der Waals surface area (Å²) in [4.78, 5) is 11.5. The van der Waals surface area contributed by atoms with Crippen LogP contribution in [0.4, 0.5) is 0 Å². The Kier molecular flexibility index (Phi) is 7.42. The molecule has 0 saturated carbocycles. The molecule has 0 aromatic carbocycles. The molecule has 3 heterocycles. The third kappa shape index (κ3) is 5.48. The van der Waals surface area contributed by atoms with Gasteiger partial charge in [0.25, 0.3) is 0 Å². The molecule has 0 unspecified atom stereocenters. The summed E-state index contributed by atoms with van der Waals surface area (Å²) in [7, 11) is -0.396. The second-order valence-corrected chi connectivity index (χ2v) is 10.0. The molecule has 2 aliphatic rings. The zero-order chi connectivity index (χ0) is 20.2. The average molecular weight is 406 g/mol. The van der Waals surface area contributed by atoms with Gasteiger partial charge in [-0.25, -0.2) is 9.97 Å². The Balaban J connectivity index is 1.41. The maximum Gasteiger partial charge on any atom is 0.498 e. The Labute approximate surface area is 174 Å². The van der Waals surface area contributed by atoms with Crippen LogP contribution in [0.5, 0.6) is 0 Å². The van der Waals surface area contributed by atoms with E-state index in [1.54, 1.807) is 11.8 Å². The molecule has 0 aliphatic carbocycles. The van der Waals surface area contributed by atoms with Crippen LogP contribution < -0.4 is 11.2 Å². The summed E-state index contributed by atoms with van der Waals surface area (Å²) in [5.74, 6) is 1.87. The fourth-order valence-electron chi connectivity index (χ4n) is 3.81. The van der Waals surface area contributed by atoms with E-state index in [0.29, 0.717) is 0 Å². The van der Waals surface area contributed by atoms with E-state index in [-0.39, 0.29) is 11.2 Å². The van der Waals surface area contributed by atoms with Gasteiger partial charge in [0.2, 0.25) is 0 Å². The van der Waals surface area contributed by atoms with Crippen LogP contribution in [-0.2, 0) is 9.31 Å². The number of hydrogen-bond acceptors (Lipinski definition) is 7. The van der Waals surface area contributed by atoms with E-state index >= 15 is 0 Å². The number of nitrogens with two attached hydrogens (primary N) is 1. The quantitative estimate of drug-likeness (QED) is 0.307. The largest absolute Gasteiger partial charge is 0.498 e. The van der Waals surface area contributed by atoms with Crippen molar-refractivity contribution in [1.29, 1.82) is 0 Å². The van der Waals surface area contributed by atoms with E-state index in [2.05, 4.69) is 42.6 Å². The van der Waals surface area contributed by atoms with Gasteiger partial charge in [-0.1, -0.05) is 11.8 Å². The first-order valence-electron chi connectivity index (χ1n) is 10.5. The highest BCUT2D eigenvalue weighted by Crippen LogP contribution is 2.36. The number of thioether (sulfide) groups is 1. The number of likely N-dealkylation sites (tertiary alicyclic amines) is 1. The van der Waals surface area contributed by atoms with Crippen LogP contribution in [0.1, 0.15) is 53.4 Å². The Morgan fingerprint density at radius 3 is 2.54 bits per heavy atom. The van der Waals surface area contributed by atoms with E-state index in [1.165, 1.54) is 38.8 Å². The predicted molar refractivity (Wildman–Crippen MR) is 116 cm³/mol. The summed E-state index contributed by atoms with van der Waals surface area (Å²) in [6.45, 7) is 12.4. The molecule has 1 aromatic heterocycles. The van der Waals surface area contributed by atoms with E-state index in [4.69, 9.17) is 15.0 Å². The van der Waals surface area contributed by atoms with Crippen molar-refractivity contribution in [3.8, 4) is 0 Å². The van der Waals surface area contributed by atoms with Gasteiger partial charge in [0.15, 0.2) is 5.16 Å². The SMILES string of the molecule is CC1(C)OB(c2cnc(SCCC[C@@H]3CCCN(CCN)C3)nc2)OC1(C)C. The van der Waals surface area contributed by atoms with Crippen LogP contribution in [0.2, 0.25) is 0 Å². The molecule has 156 valence electrons. The van der Waals surface area contributed by atoms with Crippen LogP contribution in [0.15, 0.2) is 17.6 Å². The third-order valence-electron chi connectivity index (χ3n) is 6.21. The van der Waals surface area contributed by atoms with Crippen molar-refractivity contribution < 1.29 is 9.31 Å². The molecule has 6 nitrogen and oxygen atoms in total. The lowest BCUT2D eigenvalue weighted by Gasteiger charge is -2.32. The highest BCUT2D eigenvalue weighted by molar-refractivity contribution is 7.99. The first-order chi connectivity index (χ1) is 13.3. The van der Waals surface area contributed by atoms with Gasteiger partial charge in [-0.15, -0.1) is 0 Å². The fraction of sp³-hybridized carbons (Fsp3) is 0.800. The number of hydrogen-bond donors (Lipinski definition) is 1. The highest BCUT2D eigenvalue weighted by Gasteiger charge is 2.51. The van der Waals surface area contributed by atoms with Crippen LogP contribution in [-0.4, -0.2) is 65.1 Å². The molecule has 28 heavy (non-hydrogen) atoms. The van der Waals surface area contributed by atoms with Crippen LogP contribution in [0.3, 0.4) is 0 Å². The smallest absolute Gasteiger partial charge is 0.399 e. The zero-order valence-corrected chi connectivity index (χ0v) is 18.6. The molecule has 8 heteroatoms. The molecule has 2 aliphatic heterocycles. The molecular formula is C20H35BN4O2S. The number of rotatable bonds is 8. The van der Waals surface area contributed by atoms with Gasteiger partial charge >= 0.3 is 7.12 Å². The Bertz CT molecular complexity index is 611. The lowest BCUT2D eigenvalue weighted by atomic mass is 9.81. The highest BCUT2D eigenvalue weighted by atomic mass is 32.2. The van der Waals surface area contributed by atoms with Gasteiger partial charge in [-0.05, 0) is 65.8 Å². The topological polar surface area (TPSA) is 73.5 Å². The Morgan fingerprint density at radius 1 is 1.21 bits per heavy atom. The zero-order valence-electron chi connectivity index (χ0n) is 17.8. The van der Waals surface area contributed by atoms with Gasteiger partial charge in [-0.2, -0.15) is 0 Å². The molecule has 0 amide bonds. The first kappa shape index (κ1) is 22.0. The van der Waals surface area contributed by atoms with Gasteiger partial charge in [0, 0.05) is 43.2 Å². The van der Waals surface area contributed by atoms with Crippen molar-refractivity contribution >= 4 is 24.3 Å². The van der Waals surface area contributed by atoms with Crippen molar-refractivity contribution in [2.75, 3.05) is 31.9 Å². The van der Waals surface area contributed by atoms with Crippen molar-refractivity contribution in [2.24, 2.45) is 11.7 Å². The maximum absolute atomic E-state index is 6.06. The van der Waals surface area contributed by atoms with Crippen molar-refractivity contribution in [2.45, 2.75) is 69.7 Å². The summed E-state index contributed by atoms with van der Waals surface area (Å²) in [5.41, 5.74) is 5.89. The first-order valence-corrected chi connectivity index (χ1v) is 11.5. The molecule has 2 N–H and O–H groups in total. The van der Waals surface area contributed by atoms with Crippen molar-refractivity contribution in [1.82, 2.24) is 14.9 Å². The van der Waals surface area contributed by atoms with Gasteiger partial charge < -0.3 is 19.9 Å². The summed E-state index contributed by atoms with van der Waals surface area (Å²) in [5, 5.41) is 0.827. The molecule has 1 aromatic rings. The molecule has 0 bridgehead atoms. The molecule has 2 fully saturated rings. The maximum atomic E-state index is 6.06. The summed E-state index contributed by atoms with van der Waals surface area (Å²) in [6, 6.07) is 0. The van der Waals surface area contributed by atoms with Crippen LogP contribution >= 0.6 is 11.8 Å². The van der Waals surface area contributed by atoms with Crippen molar-refractivity contribution in [3.05, 3.63) is 12.4 Å². The van der Waals surface area contributed by atoms with E-state index in [1.807, 2.05) is 12.4 Å². The minimum atomic E-state index is -0.396. The molecule has 3 rings (SSSR count). The van der Waals surface area contributed by atoms with E-state index < -0.39 is 7.12 Å². The Morgan fingerprint density at radius 2 is 1.89 bits per heavy atom. The molecular weight excluding hydrogens is 371 g/mol. The number of aromatic nitrogens is 2. The van der Waals surface area contributed by atoms with E-state index in [9.17, 15) is 0 Å². The van der Waals surface area contributed by atoms with Gasteiger partial charge in [-0.3, -0.25) is 0 Å². The minimum absolute atomic E-state index is 0.343. The van der Waals surface area contributed by atoms with E-state index in [0.717, 1.165) is 35.4 Å². The monoisotopic (exact) mass is 406 g/mol. The summed E-state index contributed by atoms with van der Waals surface area (Å²) in [6.07, 6.45) is 8.81. The van der Waals surface area contributed by atoms with Gasteiger partial charge in [0.05, 0.1) is 11.2 Å². The normalized spacial score (nSPS) is 24.6. The second kappa shape index (κ2) is 9.43. The van der Waals surface area contributed by atoms with Gasteiger partial charge in [0.1, 0.15) is 0 Å². The summed E-state index contributed by atoms with van der Waals surface area (Å²) < 4.78 is 12.1. The van der Waals surface area contributed by atoms with Crippen LogP contribution in [0.25, 0.3) is 0 Å². The number of piperidine rings is 1. The fourth-order valence-corrected chi connectivity index (χ4v) is 4.56. The summed E-state index contributed by atoms with van der Waals surface area (Å²) >= 11 is 1.73. The average Bonchev–Trinajstić information content (AvgIpc) is 2.87. The molecule has 1 atom stereocenters. The van der Waals surface area contributed by atoms with Crippen molar-refractivity contribution in [3.63, 3.8) is 0 Å². The lowest BCUT2D eigenvalue weighted by molar-refractivity contribution is 0.00578. The molecule has 0 spiro atoms. The Hall–Kier alpha value is -0.665. The minimum Gasteiger partial charge on any atom is -0.399 e. The molecule has 0 radical (unpaired) electrons. The van der Waals surface area contributed by atoms with Crippen LogP contribution in [0, 0.1) is 5.92 Å². The predicted octanol–water partition coefficient (Wildman–Crippen LogP) is 2.32. The standard InChI is InChI=1S/C20H35BN4O2S/c1-19(2)20(3,4)27-21(26-19)17-13-23-18(24-14-17)28-12-6-8-16-7-5-10-25(15-16)11-9-22/h13-14,16H,5-12,15,22H2,1-4H3/t16-/m0/s1. The number of nitrogens with zero attached hydrogens (tertiary/aromatic N) is 3. The second-order valence-electron chi connectivity index (χ2n) is 8.98.